The topological polar surface area (TPSA) is 70.8 Å². The molecule has 1 aromatic rings. The molecule has 0 aliphatic carbocycles. The highest BCUT2D eigenvalue weighted by Gasteiger charge is 2.34. The van der Waals surface area contributed by atoms with Crippen molar-refractivity contribution in [2.24, 2.45) is 5.92 Å². The Balaban J connectivity index is 2.21. The third-order valence-corrected chi connectivity index (χ3v) is 6.15. The SMILES string of the molecule is CCCC1CCN(S(=O)(=O)c2cc(CO)oc2Br)C1. The van der Waals surface area contributed by atoms with E-state index in [1.165, 1.54) is 10.4 Å². The van der Waals surface area contributed by atoms with Gasteiger partial charge in [0.15, 0.2) is 4.67 Å². The zero-order chi connectivity index (χ0) is 14.0. The maximum atomic E-state index is 12.5. The van der Waals surface area contributed by atoms with E-state index in [9.17, 15) is 8.42 Å². The molecule has 1 atom stereocenters. The van der Waals surface area contributed by atoms with Gasteiger partial charge in [0.05, 0.1) is 0 Å². The summed E-state index contributed by atoms with van der Waals surface area (Å²) in [5, 5.41) is 9.00. The quantitative estimate of drug-likeness (QED) is 0.883. The van der Waals surface area contributed by atoms with Gasteiger partial charge in [-0.25, -0.2) is 8.42 Å². The zero-order valence-corrected chi connectivity index (χ0v) is 13.2. The molecule has 1 unspecified atom stereocenters. The van der Waals surface area contributed by atoms with Crippen molar-refractivity contribution in [1.82, 2.24) is 4.31 Å². The molecule has 108 valence electrons. The second kappa shape index (κ2) is 5.95. The number of aliphatic hydroxyl groups excluding tert-OH is 1. The molecular weight excluding hydrogens is 334 g/mol. The Labute approximate surface area is 121 Å². The van der Waals surface area contributed by atoms with E-state index < -0.39 is 10.0 Å². The first kappa shape index (κ1) is 15.0. The maximum Gasteiger partial charge on any atom is 0.247 e. The Morgan fingerprint density at radius 2 is 2.32 bits per heavy atom. The van der Waals surface area contributed by atoms with Gasteiger partial charge in [-0.05, 0) is 34.7 Å². The predicted octanol–water partition coefficient (Wildman–Crippen LogP) is 2.35. The normalized spacial score (nSPS) is 21.1. The van der Waals surface area contributed by atoms with Crippen LogP contribution in [0.1, 0.15) is 31.9 Å². The van der Waals surface area contributed by atoms with Gasteiger partial charge in [-0.1, -0.05) is 13.3 Å². The van der Waals surface area contributed by atoms with Crippen LogP contribution in [0.15, 0.2) is 20.0 Å². The molecule has 1 aliphatic rings. The van der Waals surface area contributed by atoms with E-state index >= 15 is 0 Å². The molecule has 7 heteroatoms. The Morgan fingerprint density at radius 1 is 1.58 bits per heavy atom. The summed E-state index contributed by atoms with van der Waals surface area (Å²) in [6, 6.07) is 1.38. The van der Waals surface area contributed by atoms with Crippen LogP contribution in [0, 0.1) is 5.92 Å². The van der Waals surface area contributed by atoms with E-state index in [2.05, 4.69) is 22.9 Å². The van der Waals surface area contributed by atoms with Crippen LogP contribution >= 0.6 is 15.9 Å². The van der Waals surface area contributed by atoms with Crippen LogP contribution < -0.4 is 0 Å². The molecule has 19 heavy (non-hydrogen) atoms. The van der Waals surface area contributed by atoms with Crippen molar-refractivity contribution in [1.29, 1.82) is 0 Å². The fourth-order valence-electron chi connectivity index (χ4n) is 2.45. The van der Waals surface area contributed by atoms with Crippen LogP contribution in [0.4, 0.5) is 0 Å². The second-order valence-electron chi connectivity index (χ2n) is 4.82. The summed E-state index contributed by atoms with van der Waals surface area (Å²) in [5.41, 5.74) is 0. The summed E-state index contributed by atoms with van der Waals surface area (Å²) >= 11 is 3.10. The molecule has 1 aromatic heterocycles. The van der Waals surface area contributed by atoms with Crippen molar-refractivity contribution in [3.8, 4) is 0 Å². The number of sulfonamides is 1. The average Bonchev–Trinajstić information content (AvgIpc) is 2.96. The summed E-state index contributed by atoms with van der Waals surface area (Å²) < 4.78 is 31.8. The molecule has 1 aliphatic heterocycles. The molecule has 0 aromatic carbocycles. The molecule has 0 radical (unpaired) electrons. The Kier molecular flexibility index (Phi) is 4.70. The second-order valence-corrected chi connectivity index (χ2v) is 7.44. The monoisotopic (exact) mass is 351 g/mol. The van der Waals surface area contributed by atoms with Gasteiger partial charge in [0.25, 0.3) is 0 Å². The Morgan fingerprint density at radius 3 is 2.89 bits per heavy atom. The minimum atomic E-state index is -3.53. The zero-order valence-electron chi connectivity index (χ0n) is 10.8. The van der Waals surface area contributed by atoms with Crippen molar-refractivity contribution in [3.05, 3.63) is 16.5 Å². The van der Waals surface area contributed by atoms with Crippen molar-refractivity contribution >= 4 is 26.0 Å². The molecule has 0 amide bonds. The minimum absolute atomic E-state index is 0.105. The number of furan rings is 1. The summed E-state index contributed by atoms with van der Waals surface area (Å²) in [6.45, 7) is 2.92. The first-order valence-electron chi connectivity index (χ1n) is 6.38. The largest absolute Gasteiger partial charge is 0.450 e. The van der Waals surface area contributed by atoms with Gasteiger partial charge >= 0.3 is 0 Å². The van der Waals surface area contributed by atoms with Crippen molar-refractivity contribution < 1.29 is 17.9 Å². The fourth-order valence-corrected chi connectivity index (χ4v) is 4.94. The molecule has 1 fully saturated rings. The molecule has 1 N–H and O–H groups in total. The first-order chi connectivity index (χ1) is 8.98. The van der Waals surface area contributed by atoms with Crippen molar-refractivity contribution in [3.63, 3.8) is 0 Å². The summed E-state index contributed by atoms with van der Waals surface area (Å²) in [6.07, 6.45) is 3.04. The average molecular weight is 352 g/mol. The highest BCUT2D eigenvalue weighted by molar-refractivity contribution is 9.10. The number of aliphatic hydroxyl groups is 1. The lowest BCUT2D eigenvalue weighted by atomic mass is 10.0. The first-order valence-corrected chi connectivity index (χ1v) is 8.61. The van der Waals surface area contributed by atoms with Crippen LogP contribution in [-0.4, -0.2) is 30.9 Å². The third kappa shape index (κ3) is 3.04. The lowest BCUT2D eigenvalue weighted by Crippen LogP contribution is -2.28. The predicted molar refractivity (Wildman–Crippen MR) is 74.1 cm³/mol. The number of nitrogens with zero attached hydrogens (tertiary/aromatic N) is 1. The van der Waals surface area contributed by atoms with Gasteiger partial charge in [0, 0.05) is 19.2 Å². The van der Waals surface area contributed by atoms with Crippen molar-refractivity contribution in [2.45, 2.75) is 37.7 Å². The molecule has 5 nitrogen and oxygen atoms in total. The van der Waals surface area contributed by atoms with Gasteiger partial charge in [-0.2, -0.15) is 4.31 Å². The lowest BCUT2D eigenvalue weighted by molar-refractivity contribution is 0.245. The molecule has 0 bridgehead atoms. The Bertz CT molecular complexity index is 540. The van der Waals surface area contributed by atoms with Crippen LogP contribution in [0.5, 0.6) is 0 Å². The van der Waals surface area contributed by atoms with Gasteiger partial charge in [-0.3, -0.25) is 0 Å². The third-order valence-electron chi connectivity index (χ3n) is 3.43. The fraction of sp³-hybridized carbons (Fsp3) is 0.667. The maximum absolute atomic E-state index is 12.5. The molecular formula is C12H18BrNO4S. The standard InChI is InChI=1S/C12H18BrNO4S/c1-2-3-9-4-5-14(7-9)19(16,17)11-6-10(8-15)18-12(11)13/h6,9,15H,2-5,7-8H2,1H3. The van der Waals surface area contributed by atoms with E-state index in [1.54, 1.807) is 0 Å². The number of hydrogen-bond acceptors (Lipinski definition) is 4. The summed E-state index contributed by atoms with van der Waals surface area (Å²) in [5.74, 6) is 0.692. The van der Waals surface area contributed by atoms with Gasteiger partial charge in [-0.15, -0.1) is 0 Å². The Hall–Kier alpha value is -0.370. The number of hydrogen-bond donors (Lipinski definition) is 1. The van der Waals surface area contributed by atoms with E-state index in [4.69, 9.17) is 9.52 Å². The highest BCUT2D eigenvalue weighted by Crippen LogP contribution is 2.32. The van der Waals surface area contributed by atoms with Crippen LogP contribution in [0.3, 0.4) is 0 Å². The van der Waals surface area contributed by atoms with Gasteiger partial charge in [0.1, 0.15) is 17.3 Å². The highest BCUT2D eigenvalue weighted by atomic mass is 79.9. The van der Waals surface area contributed by atoms with Crippen molar-refractivity contribution in [2.75, 3.05) is 13.1 Å². The van der Waals surface area contributed by atoms with E-state index in [0.29, 0.717) is 19.0 Å². The van der Waals surface area contributed by atoms with E-state index in [0.717, 1.165) is 19.3 Å². The van der Waals surface area contributed by atoms with Gasteiger partial charge < -0.3 is 9.52 Å². The number of halogens is 1. The van der Waals surface area contributed by atoms with E-state index in [-0.39, 0.29) is 21.9 Å². The molecule has 1 saturated heterocycles. The number of rotatable bonds is 5. The van der Waals surface area contributed by atoms with Crippen LogP contribution in [-0.2, 0) is 16.6 Å². The van der Waals surface area contributed by atoms with Gasteiger partial charge in [0.2, 0.25) is 10.0 Å². The summed E-state index contributed by atoms with van der Waals surface area (Å²) in [7, 11) is -3.53. The minimum Gasteiger partial charge on any atom is -0.450 e. The lowest BCUT2D eigenvalue weighted by Gasteiger charge is -2.15. The molecule has 2 heterocycles. The molecule has 0 saturated carbocycles. The van der Waals surface area contributed by atoms with Crippen LogP contribution in [0.25, 0.3) is 0 Å². The molecule has 2 rings (SSSR count). The smallest absolute Gasteiger partial charge is 0.247 e. The van der Waals surface area contributed by atoms with E-state index in [1.807, 2.05) is 0 Å². The summed E-state index contributed by atoms with van der Waals surface area (Å²) in [4.78, 5) is 0.105. The molecule has 0 spiro atoms. The van der Waals surface area contributed by atoms with Crippen LogP contribution in [0.2, 0.25) is 0 Å².